The van der Waals surface area contributed by atoms with Gasteiger partial charge in [-0.2, -0.15) is 0 Å². The molecule has 1 atom stereocenters. The van der Waals surface area contributed by atoms with Crippen LogP contribution in [-0.4, -0.2) is 64.0 Å². The van der Waals surface area contributed by atoms with Crippen LogP contribution < -0.4 is 0 Å². The van der Waals surface area contributed by atoms with Gasteiger partial charge in [-0.3, -0.25) is 14.5 Å². The molecule has 6 heteroatoms. The molecule has 0 radical (unpaired) electrons. The van der Waals surface area contributed by atoms with E-state index in [1.54, 1.807) is 11.8 Å². The first-order chi connectivity index (χ1) is 10.6. The summed E-state index contributed by atoms with van der Waals surface area (Å²) in [6, 6.07) is 9.14. The van der Waals surface area contributed by atoms with Crippen molar-refractivity contribution in [2.45, 2.75) is 13.0 Å². The Labute approximate surface area is 128 Å². The van der Waals surface area contributed by atoms with Gasteiger partial charge in [0.15, 0.2) is 0 Å². The van der Waals surface area contributed by atoms with Crippen LogP contribution in [0.25, 0.3) is 10.9 Å². The van der Waals surface area contributed by atoms with E-state index >= 15 is 0 Å². The first-order valence-corrected chi connectivity index (χ1v) is 7.40. The Morgan fingerprint density at radius 1 is 1.18 bits per heavy atom. The Morgan fingerprint density at radius 3 is 2.50 bits per heavy atom. The molecule has 1 fully saturated rings. The summed E-state index contributed by atoms with van der Waals surface area (Å²) in [6.45, 7) is 3.94. The smallest absolute Gasteiger partial charge is 0.320 e. The molecule has 1 amide bonds. The summed E-state index contributed by atoms with van der Waals surface area (Å²) in [5, 5.41) is 10.1. The van der Waals surface area contributed by atoms with Gasteiger partial charge in [-0.15, -0.1) is 0 Å². The molecule has 6 nitrogen and oxygen atoms in total. The minimum absolute atomic E-state index is 0.0289. The average Bonchev–Trinajstić information content (AvgIpc) is 2.97. The Bertz CT molecular complexity index is 668. The first kappa shape index (κ1) is 14.6. The van der Waals surface area contributed by atoms with Crippen LogP contribution in [0.1, 0.15) is 17.4 Å². The molecular weight excluding hydrogens is 282 g/mol. The van der Waals surface area contributed by atoms with Gasteiger partial charge in [0.1, 0.15) is 11.7 Å². The molecule has 1 aliphatic heterocycles. The van der Waals surface area contributed by atoms with E-state index in [4.69, 9.17) is 5.11 Å². The second-order valence-corrected chi connectivity index (χ2v) is 5.61. The maximum absolute atomic E-state index is 12.5. The third-order valence-corrected chi connectivity index (χ3v) is 4.27. The van der Waals surface area contributed by atoms with Gasteiger partial charge in [0.05, 0.1) is 0 Å². The van der Waals surface area contributed by atoms with Crippen LogP contribution in [0.15, 0.2) is 30.3 Å². The summed E-state index contributed by atoms with van der Waals surface area (Å²) in [6.07, 6.45) is 0. The van der Waals surface area contributed by atoms with Gasteiger partial charge in [0, 0.05) is 37.1 Å². The molecule has 0 spiro atoms. The SMILES string of the molecule is C[C@H](C(=O)O)N1CCN(C(=O)c2cc3ccccc3[nH]2)CC1. The number of fused-ring (bicyclic) bond motifs is 1. The largest absolute Gasteiger partial charge is 0.480 e. The number of H-pyrrole nitrogens is 1. The van der Waals surface area contributed by atoms with E-state index < -0.39 is 12.0 Å². The highest BCUT2D eigenvalue weighted by Crippen LogP contribution is 2.17. The monoisotopic (exact) mass is 301 g/mol. The van der Waals surface area contributed by atoms with Crippen molar-refractivity contribution in [3.8, 4) is 0 Å². The predicted molar refractivity (Wildman–Crippen MR) is 82.9 cm³/mol. The van der Waals surface area contributed by atoms with Crippen LogP contribution in [-0.2, 0) is 4.79 Å². The first-order valence-electron chi connectivity index (χ1n) is 7.40. The fourth-order valence-corrected chi connectivity index (χ4v) is 2.83. The van der Waals surface area contributed by atoms with Crippen LogP contribution in [0.3, 0.4) is 0 Å². The summed E-state index contributed by atoms with van der Waals surface area (Å²) < 4.78 is 0. The van der Waals surface area contributed by atoms with Crippen LogP contribution in [0, 0.1) is 0 Å². The van der Waals surface area contributed by atoms with E-state index in [2.05, 4.69) is 4.98 Å². The van der Waals surface area contributed by atoms with Crippen molar-refractivity contribution in [2.75, 3.05) is 26.2 Å². The lowest BCUT2D eigenvalue weighted by Gasteiger charge is -2.36. The highest BCUT2D eigenvalue weighted by Gasteiger charge is 2.28. The number of aliphatic carboxylic acids is 1. The van der Waals surface area contributed by atoms with Gasteiger partial charge < -0.3 is 15.0 Å². The van der Waals surface area contributed by atoms with Gasteiger partial charge in [0.2, 0.25) is 0 Å². The van der Waals surface area contributed by atoms with E-state index in [0.29, 0.717) is 31.9 Å². The number of hydrogen-bond acceptors (Lipinski definition) is 3. The molecule has 1 aliphatic rings. The molecule has 0 aliphatic carbocycles. The second-order valence-electron chi connectivity index (χ2n) is 5.61. The number of hydrogen-bond donors (Lipinski definition) is 2. The number of nitrogens with one attached hydrogen (secondary N) is 1. The number of rotatable bonds is 3. The fourth-order valence-electron chi connectivity index (χ4n) is 2.83. The number of carbonyl (C=O) groups excluding carboxylic acids is 1. The fraction of sp³-hybridized carbons (Fsp3) is 0.375. The minimum atomic E-state index is -0.824. The number of carboxylic acids is 1. The van der Waals surface area contributed by atoms with Crippen LogP contribution in [0.5, 0.6) is 0 Å². The third-order valence-electron chi connectivity index (χ3n) is 4.27. The molecule has 2 aromatic rings. The molecule has 1 aromatic heterocycles. The van der Waals surface area contributed by atoms with Crippen molar-refractivity contribution in [3.63, 3.8) is 0 Å². The van der Waals surface area contributed by atoms with Gasteiger partial charge >= 0.3 is 5.97 Å². The maximum Gasteiger partial charge on any atom is 0.320 e. The zero-order valence-corrected chi connectivity index (χ0v) is 12.5. The minimum Gasteiger partial charge on any atom is -0.480 e. The molecule has 0 bridgehead atoms. The number of carboxylic acid groups (broad SMARTS) is 1. The highest BCUT2D eigenvalue weighted by molar-refractivity contribution is 5.98. The van der Waals surface area contributed by atoms with Crippen LogP contribution in [0.4, 0.5) is 0 Å². The molecule has 0 saturated carbocycles. The van der Waals surface area contributed by atoms with Crippen molar-refractivity contribution >= 4 is 22.8 Å². The molecule has 0 unspecified atom stereocenters. The Kier molecular flexibility index (Phi) is 3.85. The molecular formula is C16H19N3O3. The summed E-state index contributed by atoms with van der Waals surface area (Å²) >= 11 is 0. The van der Waals surface area contributed by atoms with E-state index in [-0.39, 0.29) is 5.91 Å². The van der Waals surface area contributed by atoms with Gasteiger partial charge in [-0.25, -0.2) is 0 Å². The molecule has 22 heavy (non-hydrogen) atoms. The molecule has 116 valence electrons. The lowest BCUT2D eigenvalue weighted by molar-refractivity contribution is -0.143. The van der Waals surface area contributed by atoms with E-state index in [1.807, 2.05) is 35.2 Å². The summed E-state index contributed by atoms with van der Waals surface area (Å²) in [7, 11) is 0. The topological polar surface area (TPSA) is 76.6 Å². The number of piperazine rings is 1. The summed E-state index contributed by atoms with van der Waals surface area (Å²) in [5.41, 5.74) is 1.53. The van der Waals surface area contributed by atoms with Crippen LogP contribution in [0.2, 0.25) is 0 Å². The maximum atomic E-state index is 12.5. The molecule has 1 saturated heterocycles. The van der Waals surface area contributed by atoms with E-state index in [0.717, 1.165) is 10.9 Å². The molecule has 3 rings (SSSR count). The van der Waals surface area contributed by atoms with Crippen LogP contribution >= 0.6 is 0 Å². The number of amides is 1. The molecule has 1 aromatic carbocycles. The van der Waals surface area contributed by atoms with Crippen molar-refractivity contribution < 1.29 is 14.7 Å². The van der Waals surface area contributed by atoms with Crippen molar-refractivity contribution in [1.29, 1.82) is 0 Å². The number of aromatic amines is 1. The third kappa shape index (κ3) is 2.69. The number of benzene rings is 1. The Morgan fingerprint density at radius 2 is 1.86 bits per heavy atom. The summed E-state index contributed by atoms with van der Waals surface area (Å²) in [5.74, 6) is -0.853. The second kappa shape index (κ2) is 5.81. The van der Waals surface area contributed by atoms with E-state index in [1.165, 1.54) is 0 Å². The lowest BCUT2D eigenvalue weighted by Crippen LogP contribution is -2.53. The zero-order chi connectivity index (χ0) is 15.7. The number of carbonyl (C=O) groups is 2. The normalized spacial score (nSPS) is 17.6. The van der Waals surface area contributed by atoms with Gasteiger partial charge in [-0.1, -0.05) is 18.2 Å². The van der Waals surface area contributed by atoms with Crippen molar-refractivity contribution in [1.82, 2.24) is 14.8 Å². The standard InChI is InChI=1S/C16H19N3O3/c1-11(16(21)22)18-6-8-19(9-7-18)15(20)14-10-12-4-2-3-5-13(12)17-14/h2-5,10-11,17H,6-9H2,1H3,(H,21,22)/t11-/m1/s1. The number of para-hydroxylation sites is 1. The highest BCUT2D eigenvalue weighted by atomic mass is 16.4. The quantitative estimate of drug-likeness (QED) is 0.898. The van der Waals surface area contributed by atoms with E-state index in [9.17, 15) is 9.59 Å². The van der Waals surface area contributed by atoms with Gasteiger partial charge in [-0.05, 0) is 19.1 Å². The lowest BCUT2D eigenvalue weighted by atomic mass is 10.2. The zero-order valence-electron chi connectivity index (χ0n) is 12.5. The van der Waals surface area contributed by atoms with Gasteiger partial charge in [0.25, 0.3) is 5.91 Å². The van der Waals surface area contributed by atoms with Crippen molar-refractivity contribution in [2.24, 2.45) is 0 Å². The predicted octanol–water partition coefficient (Wildman–Crippen LogP) is 1.40. The summed E-state index contributed by atoms with van der Waals surface area (Å²) in [4.78, 5) is 30.4. The van der Waals surface area contributed by atoms with Crippen molar-refractivity contribution in [3.05, 3.63) is 36.0 Å². The average molecular weight is 301 g/mol. The molecule has 2 heterocycles. The molecule has 2 N–H and O–H groups in total. The number of nitrogens with zero attached hydrogens (tertiary/aromatic N) is 2. The number of aromatic nitrogens is 1. The Balaban J connectivity index is 1.68. The Hall–Kier alpha value is -2.34.